The molecule has 0 spiro atoms. The Hall–Kier alpha value is -3.02. The fourth-order valence-corrected chi connectivity index (χ4v) is 2.56. The van der Waals surface area contributed by atoms with Gasteiger partial charge in [-0.2, -0.15) is 4.98 Å². The highest BCUT2D eigenvalue weighted by atomic mass is 19.1. The second-order valence-electron chi connectivity index (χ2n) is 6.20. The molecule has 2 aromatic heterocycles. The molecule has 4 rings (SSSR count). The molecular formula is C19H18FN5. The molecule has 0 saturated heterocycles. The highest BCUT2D eigenvalue weighted by Crippen LogP contribution is 2.28. The summed E-state index contributed by atoms with van der Waals surface area (Å²) in [6.45, 7) is 1.86. The van der Waals surface area contributed by atoms with Crippen molar-refractivity contribution in [2.45, 2.75) is 25.8 Å². The smallest absolute Gasteiger partial charge is 0.225 e. The highest BCUT2D eigenvalue weighted by molar-refractivity contribution is 5.68. The SMILES string of the molecule is Cc1cc(F)ccc1Nc1cc(-c2ccncc2)nc(NC2CC2)n1. The van der Waals surface area contributed by atoms with Crippen molar-refractivity contribution in [2.75, 3.05) is 10.6 Å². The van der Waals surface area contributed by atoms with Crippen molar-refractivity contribution < 1.29 is 4.39 Å². The standard InChI is InChI=1S/C19H18FN5/c1-12-10-14(20)2-5-16(12)23-18-11-17(13-6-8-21-9-7-13)24-19(25-18)22-15-3-4-15/h2,5-11,15H,3-4H2,1H3,(H2,22,23,24,25). The van der Waals surface area contributed by atoms with Crippen LogP contribution < -0.4 is 10.6 Å². The third-order valence-corrected chi connectivity index (χ3v) is 4.06. The first-order chi connectivity index (χ1) is 12.2. The molecule has 0 unspecified atom stereocenters. The average Bonchev–Trinajstić information content (AvgIpc) is 3.42. The van der Waals surface area contributed by atoms with Crippen LogP contribution in [0.3, 0.4) is 0 Å². The van der Waals surface area contributed by atoms with E-state index < -0.39 is 0 Å². The molecule has 1 saturated carbocycles. The van der Waals surface area contributed by atoms with Crippen LogP contribution in [0.2, 0.25) is 0 Å². The largest absolute Gasteiger partial charge is 0.351 e. The van der Waals surface area contributed by atoms with Crippen LogP contribution in [-0.2, 0) is 0 Å². The van der Waals surface area contributed by atoms with Gasteiger partial charge in [-0.15, -0.1) is 0 Å². The zero-order valence-electron chi connectivity index (χ0n) is 13.8. The summed E-state index contributed by atoms with van der Waals surface area (Å²) in [6, 6.07) is 10.8. The van der Waals surface area contributed by atoms with E-state index in [1.165, 1.54) is 12.1 Å². The zero-order valence-corrected chi connectivity index (χ0v) is 13.8. The first-order valence-electron chi connectivity index (χ1n) is 8.26. The summed E-state index contributed by atoms with van der Waals surface area (Å²) in [4.78, 5) is 13.2. The third kappa shape index (κ3) is 3.74. The lowest BCUT2D eigenvalue weighted by atomic mass is 10.1. The number of halogens is 1. The molecule has 5 nitrogen and oxygen atoms in total. The average molecular weight is 335 g/mol. The van der Waals surface area contributed by atoms with Gasteiger partial charge in [0.25, 0.3) is 0 Å². The van der Waals surface area contributed by atoms with Gasteiger partial charge in [-0.1, -0.05) is 0 Å². The molecule has 1 aliphatic rings. The van der Waals surface area contributed by atoms with E-state index in [0.29, 0.717) is 17.8 Å². The maximum Gasteiger partial charge on any atom is 0.225 e. The lowest BCUT2D eigenvalue weighted by Gasteiger charge is -2.12. The van der Waals surface area contributed by atoms with Crippen LogP contribution in [0.15, 0.2) is 48.8 Å². The molecule has 6 heteroatoms. The van der Waals surface area contributed by atoms with Gasteiger partial charge in [-0.05, 0) is 55.7 Å². The maximum absolute atomic E-state index is 13.3. The van der Waals surface area contributed by atoms with Crippen LogP contribution in [0, 0.1) is 12.7 Å². The first kappa shape index (κ1) is 15.5. The minimum Gasteiger partial charge on any atom is -0.351 e. The van der Waals surface area contributed by atoms with Gasteiger partial charge in [0.05, 0.1) is 5.69 Å². The van der Waals surface area contributed by atoms with Crippen LogP contribution in [-0.4, -0.2) is 21.0 Å². The molecule has 2 heterocycles. The van der Waals surface area contributed by atoms with E-state index in [4.69, 9.17) is 0 Å². The number of aryl methyl sites for hydroxylation is 1. The summed E-state index contributed by atoms with van der Waals surface area (Å²) < 4.78 is 13.3. The molecule has 2 N–H and O–H groups in total. The van der Waals surface area contributed by atoms with Gasteiger partial charge in [-0.25, -0.2) is 9.37 Å². The van der Waals surface area contributed by atoms with Gasteiger partial charge in [0.2, 0.25) is 5.95 Å². The monoisotopic (exact) mass is 335 g/mol. The number of nitrogens with one attached hydrogen (secondary N) is 2. The number of aromatic nitrogens is 3. The van der Waals surface area contributed by atoms with Gasteiger partial charge in [0.15, 0.2) is 0 Å². The van der Waals surface area contributed by atoms with Crippen molar-refractivity contribution >= 4 is 17.5 Å². The van der Waals surface area contributed by atoms with Crippen LogP contribution >= 0.6 is 0 Å². The van der Waals surface area contributed by atoms with Crippen molar-refractivity contribution in [3.05, 3.63) is 60.2 Å². The van der Waals surface area contributed by atoms with Crippen LogP contribution in [0.25, 0.3) is 11.3 Å². The van der Waals surface area contributed by atoms with Crippen molar-refractivity contribution in [1.29, 1.82) is 0 Å². The molecule has 0 amide bonds. The van der Waals surface area contributed by atoms with E-state index in [2.05, 4.69) is 25.6 Å². The maximum atomic E-state index is 13.3. The van der Waals surface area contributed by atoms with E-state index in [9.17, 15) is 4.39 Å². The van der Waals surface area contributed by atoms with Gasteiger partial charge < -0.3 is 10.6 Å². The Bertz CT molecular complexity index is 894. The molecule has 0 radical (unpaired) electrons. The molecule has 126 valence electrons. The Morgan fingerprint density at radius 1 is 1.04 bits per heavy atom. The number of anilines is 3. The van der Waals surface area contributed by atoms with Crippen molar-refractivity contribution in [1.82, 2.24) is 15.0 Å². The van der Waals surface area contributed by atoms with Crippen LogP contribution in [0.5, 0.6) is 0 Å². The summed E-state index contributed by atoms with van der Waals surface area (Å²) >= 11 is 0. The number of rotatable bonds is 5. The third-order valence-electron chi connectivity index (χ3n) is 4.06. The minimum absolute atomic E-state index is 0.251. The normalized spacial score (nSPS) is 13.5. The molecule has 1 aromatic carbocycles. The Labute approximate surface area is 145 Å². The lowest BCUT2D eigenvalue weighted by molar-refractivity contribution is 0.627. The predicted octanol–water partition coefficient (Wildman–Crippen LogP) is 4.30. The molecule has 3 aromatic rings. The van der Waals surface area contributed by atoms with Gasteiger partial charge in [0.1, 0.15) is 11.6 Å². The quantitative estimate of drug-likeness (QED) is 0.728. The fraction of sp³-hybridized carbons (Fsp3) is 0.211. The summed E-state index contributed by atoms with van der Waals surface area (Å²) in [5.41, 5.74) is 3.41. The number of benzene rings is 1. The highest BCUT2D eigenvalue weighted by Gasteiger charge is 2.22. The zero-order chi connectivity index (χ0) is 17.2. The van der Waals surface area contributed by atoms with E-state index in [1.807, 2.05) is 25.1 Å². The minimum atomic E-state index is -0.251. The topological polar surface area (TPSA) is 62.7 Å². The Morgan fingerprint density at radius 2 is 1.84 bits per heavy atom. The van der Waals surface area contributed by atoms with Gasteiger partial charge >= 0.3 is 0 Å². The first-order valence-corrected chi connectivity index (χ1v) is 8.26. The van der Waals surface area contributed by atoms with Crippen molar-refractivity contribution in [3.63, 3.8) is 0 Å². The Kier molecular flexibility index (Phi) is 4.01. The predicted molar refractivity (Wildman–Crippen MR) is 96.3 cm³/mol. The fourth-order valence-electron chi connectivity index (χ4n) is 2.56. The number of hydrogen-bond acceptors (Lipinski definition) is 5. The Balaban J connectivity index is 1.70. The summed E-state index contributed by atoms with van der Waals surface area (Å²) in [7, 11) is 0. The van der Waals surface area contributed by atoms with Crippen molar-refractivity contribution in [3.8, 4) is 11.3 Å². The molecule has 0 atom stereocenters. The van der Waals surface area contributed by atoms with Gasteiger partial charge in [-0.3, -0.25) is 4.98 Å². The molecular weight excluding hydrogens is 317 g/mol. The second kappa shape index (κ2) is 6.47. The molecule has 1 aliphatic carbocycles. The van der Waals surface area contributed by atoms with E-state index in [1.54, 1.807) is 18.5 Å². The van der Waals surface area contributed by atoms with Crippen molar-refractivity contribution in [2.24, 2.45) is 0 Å². The molecule has 1 fully saturated rings. The second-order valence-corrected chi connectivity index (χ2v) is 6.20. The molecule has 0 bridgehead atoms. The van der Waals surface area contributed by atoms with Gasteiger partial charge in [0, 0.05) is 35.8 Å². The summed E-state index contributed by atoms with van der Waals surface area (Å²) in [6.07, 6.45) is 5.76. The van der Waals surface area contributed by atoms with E-state index in [-0.39, 0.29) is 5.82 Å². The van der Waals surface area contributed by atoms with E-state index >= 15 is 0 Å². The molecule has 25 heavy (non-hydrogen) atoms. The van der Waals surface area contributed by atoms with Crippen LogP contribution in [0.4, 0.5) is 21.8 Å². The van der Waals surface area contributed by atoms with E-state index in [0.717, 1.165) is 35.3 Å². The Morgan fingerprint density at radius 3 is 2.56 bits per heavy atom. The lowest BCUT2D eigenvalue weighted by Crippen LogP contribution is -2.08. The van der Waals surface area contributed by atoms with Crippen LogP contribution in [0.1, 0.15) is 18.4 Å². The summed E-state index contributed by atoms with van der Waals surface area (Å²) in [5, 5.41) is 6.61. The number of hydrogen-bond donors (Lipinski definition) is 2. The molecule has 0 aliphatic heterocycles. The number of nitrogens with zero attached hydrogens (tertiary/aromatic N) is 3. The summed E-state index contributed by atoms with van der Waals surface area (Å²) in [5.74, 6) is 1.01. The number of pyridine rings is 1.